The summed E-state index contributed by atoms with van der Waals surface area (Å²) in [7, 11) is 0. The molecule has 0 heterocycles. The van der Waals surface area contributed by atoms with Crippen molar-refractivity contribution >= 4 is 21.9 Å². The highest BCUT2D eigenvalue weighted by molar-refractivity contribution is 9.08. The summed E-state index contributed by atoms with van der Waals surface area (Å²) in [6, 6.07) is 5.80. The molecule has 0 aliphatic heterocycles. The lowest BCUT2D eigenvalue weighted by Gasteiger charge is -2.06. The predicted molar refractivity (Wildman–Crippen MR) is 55.1 cm³/mol. The van der Waals surface area contributed by atoms with E-state index in [4.69, 9.17) is 4.74 Å². The second-order valence-electron chi connectivity index (χ2n) is 2.84. The van der Waals surface area contributed by atoms with E-state index in [2.05, 4.69) is 15.9 Å². The van der Waals surface area contributed by atoms with Crippen molar-refractivity contribution in [2.45, 2.75) is 19.2 Å². The Balaban J connectivity index is 3.01. The lowest BCUT2D eigenvalue weighted by atomic mass is 10.1. The molecule has 70 valence electrons. The number of benzene rings is 1. The van der Waals surface area contributed by atoms with E-state index in [-0.39, 0.29) is 5.97 Å². The van der Waals surface area contributed by atoms with Crippen LogP contribution in [-0.4, -0.2) is 5.97 Å². The van der Waals surface area contributed by atoms with Gasteiger partial charge in [-0.05, 0) is 18.6 Å². The van der Waals surface area contributed by atoms with Gasteiger partial charge in [0.2, 0.25) is 0 Å². The van der Waals surface area contributed by atoms with Gasteiger partial charge in [0.05, 0.1) is 0 Å². The monoisotopic (exact) mass is 242 g/mol. The highest BCUT2D eigenvalue weighted by atomic mass is 79.9. The highest BCUT2D eigenvalue weighted by Gasteiger charge is 2.04. The molecule has 0 amide bonds. The van der Waals surface area contributed by atoms with E-state index in [0.29, 0.717) is 11.1 Å². The maximum Gasteiger partial charge on any atom is 0.308 e. The van der Waals surface area contributed by atoms with E-state index in [1.165, 1.54) is 6.92 Å². The van der Waals surface area contributed by atoms with E-state index >= 15 is 0 Å². The number of ether oxygens (including phenoxy) is 1. The Morgan fingerprint density at radius 1 is 1.54 bits per heavy atom. The Kier molecular flexibility index (Phi) is 3.48. The van der Waals surface area contributed by atoms with Crippen LogP contribution in [0.25, 0.3) is 0 Å². The summed E-state index contributed by atoms with van der Waals surface area (Å²) >= 11 is 3.33. The lowest BCUT2D eigenvalue weighted by Crippen LogP contribution is -2.03. The number of aryl methyl sites for hydroxylation is 1. The standard InChI is InChI=1S/C10H11BrO2/c1-7-3-4-9(6-11)10(5-7)13-8(2)12/h3-5H,6H2,1-2H3. The fourth-order valence-corrected chi connectivity index (χ4v) is 1.49. The average molecular weight is 243 g/mol. The second-order valence-corrected chi connectivity index (χ2v) is 3.40. The molecule has 0 aromatic heterocycles. The number of hydrogen-bond acceptors (Lipinski definition) is 2. The van der Waals surface area contributed by atoms with E-state index in [0.717, 1.165) is 11.1 Å². The first kappa shape index (κ1) is 10.3. The molecule has 1 rings (SSSR count). The summed E-state index contributed by atoms with van der Waals surface area (Å²) < 4.78 is 5.05. The summed E-state index contributed by atoms with van der Waals surface area (Å²) in [5, 5.41) is 0.690. The Hall–Kier alpha value is -0.830. The van der Waals surface area contributed by atoms with Crippen molar-refractivity contribution in [2.24, 2.45) is 0 Å². The zero-order chi connectivity index (χ0) is 9.84. The van der Waals surface area contributed by atoms with Gasteiger partial charge in [0.1, 0.15) is 5.75 Å². The van der Waals surface area contributed by atoms with Crippen LogP contribution in [0.2, 0.25) is 0 Å². The summed E-state index contributed by atoms with van der Waals surface area (Å²) in [5.74, 6) is 0.358. The van der Waals surface area contributed by atoms with E-state index in [1.54, 1.807) is 0 Å². The van der Waals surface area contributed by atoms with Crippen LogP contribution in [0.3, 0.4) is 0 Å². The van der Waals surface area contributed by atoms with Crippen molar-refractivity contribution in [2.75, 3.05) is 0 Å². The maximum absolute atomic E-state index is 10.8. The molecule has 0 aliphatic carbocycles. The molecule has 0 radical (unpaired) electrons. The van der Waals surface area contributed by atoms with Crippen molar-refractivity contribution in [1.82, 2.24) is 0 Å². The third-order valence-corrected chi connectivity index (χ3v) is 2.22. The Morgan fingerprint density at radius 2 is 2.23 bits per heavy atom. The number of carbonyl (C=O) groups excluding carboxylic acids is 1. The fourth-order valence-electron chi connectivity index (χ4n) is 1.02. The number of halogens is 1. The molecule has 13 heavy (non-hydrogen) atoms. The van der Waals surface area contributed by atoms with Gasteiger partial charge in [-0.2, -0.15) is 0 Å². The maximum atomic E-state index is 10.8. The van der Waals surface area contributed by atoms with Gasteiger partial charge in [-0.15, -0.1) is 0 Å². The van der Waals surface area contributed by atoms with Crippen molar-refractivity contribution in [3.8, 4) is 5.75 Å². The van der Waals surface area contributed by atoms with Gasteiger partial charge in [-0.1, -0.05) is 28.1 Å². The first-order valence-electron chi connectivity index (χ1n) is 3.97. The number of alkyl halides is 1. The zero-order valence-electron chi connectivity index (χ0n) is 7.63. The minimum Gasteiger partial charge on any atom is -0.426 e. The minimum absolute atomic E-state index is 0.284. The molecule has 2 nitrogen and oxygen atoms in total. The number of esters is 1. The normalized spacial score (nSPS) is 9.77. The number of rotatable bonds is 2. The summed E-state index contributed by atoms with van der Waals surface area (Å²) in [5.41, 5.74) is 2.07. The molecule has 0 spiro atoms. The van der Waals surface area contributed by atoms with Crippen LogP contribution < -0.4 is 4.74 Å². The Bertz CT molecular complexity index is 321. The Labute approximate surface area is 86.0 Å². The van der Waals surface area contributed by atoms with E-state index in [1.807, 2.05) is 25.1 Å². The molecule has 0 fully saturated rings. The molecule has 0 N–H and O–H groups in total. The molecule has 1 aromatic carbocycles. The van der Waals surface area contributed by atoms with Crippen molar-refractivity contribution in [3.05, 3.63) is 29.3 Å². The third-order valence-electron chi connectivity index (χ3n) is 1.62. The van der Waals surface area contributed by atoms with Crippen LogP contribution >= 0.6 is 15.9 Å². The van der Waals surface area contributed by atoms with Crippen LogP contribution in [0.5, 0.6) is 5.75 Å². The predicted octanol–water partition coefficient (Wildman–Crippen LogP) is 2.82. The topological polar surface area (TPSA) is 26.3 Å². The minimum atomic E-state index is -0.284. The Morgan fingerprint density at radius 3 is 2.77 bits per heavy atom. The molecular formula is C10H11BrO2. The van der Waals surface area contributed by atoms with Gasteiger partial charge in [-0.3, -0.25) is 4.79 Å². The molecule has 0 saturated carbocycles. The smallest absolute Gasteiger partial charge is 0.308 e. The lowest BCUT2D eigenvalue weighted by molar-refractivity contribution is -0.131. The number of carbonyl (C=O) groups is 1. The fraction of sp³-hybridized carbons (Fsp3) is 0.300. The third kappa shape index (κ3) is 2.84. The zero-order valence-corrected chi connectivity index (χ0v) is 9.22. The largest absolute Gasteiger partial charge is 0.426 e. The van der Waals surface area contributed by atoms with Gasteiger partial charge in [-0.25, -0.2) is 0 Å². The van der Waals surface area contributed by atoms with E-state index < -0.39 is 0 Å². The molecule has 0 atom stereocenters. The van der Waals surface area contributed by atoms with E-state index in [9.17, 15) is 4.79 Å². The first-order chi connectivity index (χ1) is 6.13. The molecule has 0 bridgehead atoms. The van der Waals surface area contributed by atoms with Gasteiger partial charge >= 0.3 is 5.97 Å². The van der Waals surface area contributed by atoms with Crippen LogP contribution in [-0.2, 0) is 10.1 Å². The van der Waals surface area contributed by atoms with Gasteiger partial charge in [0, 0.05) is 17.8 Å². The second kappa shape index (κ2) is 4.42. The van der Waals surface area contributed by atoms with Crippen molar-refractivity contribution in [3.63, 3.8) is 0 Å². The SMILES string of the molecule is CC(=O)Oc1cc(C)ccc1CBr. The summed E-state index contributed by atoms with van der Waals surface area (Å²) in [4.78, 5) is 10.8. The first-order valence-corrected chi connectivity index (χ1v) is 5.09. The van der Waals surface area contributed by atoms with Crippen LogP contribution in [0.15, 0.2) is 18.2 Å². The molecule has 1 aromatic rings. The molecule has 0 saturated heterocycles. The van der Waals surface area contributed by atoms with Crippen molar-refractivity contribution < 1.29 is 9.53 Å². The van der Waals surface area contributed by atoms with Crippen LogP contribution in [0.1, 0.15) is 18.1 Å². The van der Waals surface area contributed by atoms with Crippen LogP contribution in [0.4, 0.5) is 0 Å². The molecule has 0 unspecified atom stereocenters. The molecular weight excluding hydrogens is 232 g/mol. The van der Waals surface area contributed by atoms with Gasteiger partial charge < -0.3 is 4.74 Å². The summed E-state index contributed by atoms with van der Waals surface area (Å²) in [6.07, 6.45) is 0. The quantitative estimate of drug-likeness (QED) is 0.453. The van der Waals surface area contributed by atoms with Gasteiger partial charge in [0.25, 0.3) is 0 Å². The van der Waals surface area contributed by atoms with Crippen LogP contribution in [0, 0.1) is 6.92 Å². The number of hydrogen-bond donors (Lipinski definition) is 0. The molecule has 0 aliphatic rings. The van der Waals surface area contributed by atoms with Gasteiger partial charge in [0.15, 0.2) is 0 Å². The summed E-state index contributed by atoms with van der Waals surface area (Å²) in [6.45, 7) is 3.37. The highest BCUT2D eigenvalue weighted by Crippen LogP contribution is 2.22. The average Bonchev–Trinajstić information content (AvgIpc) is 2.03. The van der Waals surface area contributed by atoms with Crippen molar-refractivity contribution in [1.29, 1.82) is 0 Å². The molecule has 3 heteroatoms.